The molecule has 2 aromatic heterocycles. The van der Waals surface area contributed by atoms with E-state index in [2.05, 4.69) is 27.8 Å². The van der Waals surface area contributed by atoms with Crippen molar-refractivity contribution in [1.29, 1.82) is 0 Å². The quantitative estimate of drug-likeness (QED) is 0.246. The first-order valence-electron chi connectivity index (χ1n) is 14.5. The molecule has 224 valence electrons. The van der Waals surface area contributed by atoms with Crippen LogP contribution < -0.4 is 15.4 Å². The average Bonchev–Trinajstić information content (AvgIpc) is 3.81. The van der Waals surface area contributed by atoms with Crippen LogP contribution >= 0.6 is 0 Å². The molecule has 0 aromatic carbocycles. The van der Waals surface area contributed by atoms with E-state index in [0.717, 1.165) is 50.2 Å². The van der Waals surface area contributed by atoms with Gasteiger partial charge in [-0.05, 0) is 81.7 Å². The van der Waals surface area contributed by atoms with Crippen LogP contribution in [0.1, 0.15) is 55.5 Å². The van der Waals surface area contributed by atoms with Gasteiger partial charge in [0.1, 0.15) is 24.3 Å². The molecule has 1 aliphatic carbocycles. The summed E-state index contributed by atoms with van der Waals surface area (Å²) in [6, 6.07) is 6.63. The van der Waals surface area contributed by atoms with E-state index in [1.54, 1.807) is 18.3 Å². The largest absolute Gasteiger partial charge is 0.495 e. The molecule has 1 saturated carbocycles. The Balaban J connectivity index is 1.33. The van der Waals surface area contributed by atoms with Crippen molar-refractivity contribution in [3.63, 3.8) is 0 Å². The molecule has 1 fully saturated rings. The van der Waals surface area contributed by atoms with Gasteiger partial charge in [-0.3, -0.25) is 9.78 Å². The number of ether oxygens (including phenoxy) is 2. The second-order valence-corrected chi connectivity index (χ2v) is 10.9. The number of methoxy groups -OCH3 is 2. The zero-order valence-electron chi connectivity index (χ0n) is 24.0. The molecular formula is C30H42FN5O5. The predicted octanol–water partition coefficient (Wildman–Crippen LogP) is 3.14. The van der Waals surface area contributed by atoms with E-state index in [0.29, 0.717) is 43.9 Å². The zero-order chi connectivity index (χ0) is 29.2. The molecule has 41 heavy (non-hydrogen) atoms. The Morgan fingerprint density at radius 3 is 2.76 bits per heavy atom. The third kappa shape index (κ3) is 7.91. The topological polar surface area (TPSA) is 126 Å². The highest BCUT2D eigenvalue weighted by molar-refractivity contribution is 5.94. The Morgan fingerprint density at radius 1 is 1.22 bits per heavy atom. The molecule has 1 amide bonds. The molecule has 2 aromatic rings. The summed E-state index contributed by atoms with van der Waals surface area (Å²) in [6.07, 6.45) is 7.06. The summed E-state index contributed by atoms with van der Waals surface area (Å²) in [6.45, 7) is 1.68. The van der Waals surface area contributed by atoms with E-state index in [4.69, 9.17) is 14.5 Å². The number of unbranched alkanes of at least 4 members (excludes halogenated alkanes) is 1. The summed E-state index contributed by atoms with van der Waals surface area (Å²) in [5.41, 5.74) is 1.95. The summed E-state index contributed by atoms with van der Waals surface area (Å²) >= 11 is 0. The number of fused-ring (bicyclic) bond motifs is 1. The van der Waals surface area contributed by atoms with Gasteiger partial charge in [-0.1, -0.05) is 6.07 Å². The lowest BCUT2D eigenvalue weighted by Crippen LogP contribution is -2.48. The molecule has 0 bridgehead atoms. The molecule has 0 spiro atoms. The fourth-order valence-electron chi connectivity index (χ4n) is 5.39. The third-order valence-electron chi connectivity index (χ3n) is 8.04. The fourth-order valence-corrected chi connectivity index (χ4v) is 5.39. The number of alkyl halides is 1. The number of amides is 1. The number of nitrogens with zero attached hydrogens (tertiary/aromatic N) is 3. The van der Waals surface area contributed by atoms with E-state index in [9.17, 15) is 19.1 Å². The van der Waals surface area contributed by atoms with Crippen molar-refractivity contribution in [2.75, 3.05) is 52.4 Å². The van der Waals surface area contributed by atoms with Gasteiger partial charge in [0.15, 0.2) is 0 Å². The standard InChI is InChI=1S/C30H42FN5O5/c1-40-23(19-31)20-36(17-4-3-8-22-11-10-21-7-5-16-33-27(21)34-22)18-12-24(28(37)38)35-29(39)30(13-14-30)26-25(41-2)9-6-15-32-26/h6,9-11,15,23-24H,3-5,7-8,12-14,16-20H2,1-2H3,(H,33,34)(H,35,39)(H,37,38). The molecule has 2 atom stereocenters. The van der Waals surface area contributed by atoms with Gasteiger partial charge in [-0.25, -0.2) is 14.2 Å². The predicted molar refractivity (Wildman–Crippen MR) is 153 cm³/mol. The van der Waals surface area contributed by atoms with Crippen LogP contribution in [0.15, 0.2) is 30.5 Å². The highest BCUT2D eigenvalue weighted by Crippen LogP contribution is 2.50. The molecule has 2 unspecified atom stereocenters. The van der Waals surface area contributed by atoms with E-state index in [1.807, 2.05) is 4.90 Å². The Morgan fingerprint density at radius 2 is 2.05 bits per heavy atom. The molecule has 3 heterocycles. The minimum Gasteiger partial charge on any atom is -0.495 e. The van der Waals surface area contributed by atoms with E-state index < -0.39 is 30.2 Å². The molecule has 2 aliphatic rings. The number of carbonyl (C=O) groups excluding carboxylic acids is 1. The van der Waals surface area contributed by atoms with Crippen LogP contribution in [0.5, 0.6) is 5.75 Å². The molecule has 0 radical (unpaired) electrons. The number of carboxylic acids is 1. The highest BCUT2D eigenvalue weighted by Gasteiger charge is 2.54. The van der Waals surface area contributed by atoms with Gasteiger partial charge in [0, 0.05) is 38.6 Å². The maximum atomic E-state index is 13.5. The molecular weight excluding hydrogens is 529 g/mol. The maximum absolute atomic E-state index is 13.5. The van der Waals surface area contributed by atoms with Crippen LogP contribution in [0.3, 0.4) is 0 Å². The number of carboxylic acid groups (broad SMARTS) is 1. The minimum absolute atomic E-state index is 0.178. The number of anilines is 1. The highest BCUT2D eigenvalue weighted by atomic mass is 19.1. The first kappa shape index (κ1) is 30.6. The van der Waals surface area contributed by atoms with Crippen LogP contribution in [-0.4, -0.2) is 91.1 Å². The Bertz CT molecular complexity index is 1170. The molecule has 4 rings (SSSR count). The van der Waals surface area contributed by atoms with Crippen molar-refractivity contribution in [2.45, 2.75) is 68.9 Å². The van der Waals surface area contributed by atoms with Crippen LogP contribution in [0.25, 0.3) is 0 Å². The molecule has 10 nitrogen and oxygen atoms in total. The van der Waals surface area contributed by atoms with E-state index >= 15 is 0 Å². The summed E-state index contributed by atoms with van der Waals surface area (Å²) in [7, 11) is 2.99. The fraction of sp³-hybridized carbons (Fsp3) is 0.600. The van der Waals surface area contributed by atoms with Crippen molar-refractivity contribution >= 4 is 17.7 Å². The Kier molecular flexibility index (Phi) is 10.9. The number of aliphatic carboxylic acids is 1. The number of halogens is 1. The first-order valence-corrected chi connectivity index (χ1v) is 14.5. The van der Waals surface area contributed by atoms with Crippen molar-refractivity contribution in [3.8, 4) is 5.75 Å². The van der Waals surface area contributed by atoms with Crippen molar-refractivity contribution in [3.05, 3.63) is 47.4 Å². The molecule has 0 saturated heterocycles. The summed E-state index contributed by atoms with van der Waals surface area (Å²) in [4.78, 5) is 36.6. The second kappa shape index (κ2) is 14.5. The van der Waals surface area contributed by atoms with E-state index in [1.165, 1.54) is 19.8 Å². The van der Waals surface area contributed by atoms with Crippen LogP contribution in [0.4, 0.5) is 10.2 Å². The van der Waals surface area contributed by atoms with Gasteiger partial charge in [-0.2, -0.15) is 0 Å². The smallest absolute Gasteiger partial charge is 0.326 e. The molecule has 3 N–H and O–H groups in total. The second-order valence-electron chi connectivity index (χ2n) is 10.9. The van der Waals surface area contributed by atoms with Gasteiger partial charge < -0.3 is 30.1 Å². The van der Waals surface area contributed by atoms with Gasteiger partial charge >= 0.3 is 5.97 Å². The molecule has 1 aliphatic heterocycles. The van der Waals surface area contributed by atoms with Crippen molar-refractivity contribution in [2.24, 2.45) is 0 Å². The van der Waals surface area contributed by atoms with Gasteiger partial charge in [0.05, 0.1) is 24.3 Å². The number of hydrogen-bond acceptors (Lipinski definition) is 8. The van der Waals surface area contributed by atoms with E-state index in [-0.39, 0.29) is 12.3 Å². The average molecular weight is 572 g/mol. The number of carbonyl (C=O) groups is 2. The SMILES string of the molecule is COc1cccnc1C1(C(=O)NC(CCN(CCCCc2ccc3c(n2)NCCC3)CC(CF)OC)C(=O)O)CC1. The maximum Gasteiger partial charge on any atom is 0.326 e. The number of aryl methyl sites for hydroxylation is 2. The Hall–Kier alpha value is -3.31. The summed E-state index contributed by atoms with van der Waals surface area (Å²) in [5.74, 6) is 0.0244. The van der Waals surface area contributed by atoms with Crippen LogP contribution in [-0.2, 0) is 32.6 Å². The van der Waals surface area contributed by atoms with Gasteiger partial charge in [0.2, 0.25) is 5.91 Å². The summed E-state index contributed by atoms with van der Waals surface area (Å²) < 4.78 is 24.2. The lowest BCUT2D eigenvalue weighted by molar-refractivity contribution is -0.142. The number of pyridine rings is 2. The molecule has 11 heteroatoms. The van der Waals surface area contributed by atoms with Gasteiger partial charge in [0.25, 0.3) is 0 Å². The van der Waals surface area contributed by atoms with Crippen molar-refractivity contribution < 1.29 is 28.6 Å². The van der Waals surface area contributed by atoms with Crippen LogP contribution in [0, 0.1) is 0 Å². The number of hydrogen-bond donors (Lipinski definition) is 3. The van der Waals surface area contributed by atoms with Crippen molar-refractivity contribution in [1.82, 2.24) is 20.2 Å². The zero-order valence-corrected chi connectivity index (χ0v) is 24.0. The normalized spacial score (nSPS) is 16.8. The third-order valence-corrected chi connectivity index (χ3v) is 8.04. The number of aromatic nitrogens is 2. The minimum atomic E-state index is -1.11. The lowest BCUT2D eigenvalue weighted by atomic mass is 9.98. The number of nitrogens with one attached hydrogen (secondary N) is 2. The Labute approximate surface area is 241 Å². The first-order chi connectivity index (χ1) is 19.9. The van der Waals surface area contributed by atoms with Crippen LogP contribution in [0.2, 0.25) is 0 Å². The van der Waals surface area contributed by atoms with Gasteiger partial charge in [-0.15, -0.1) is 0 Å². The monoisotopic (exact) mass is 571 g/mol. The summed E-state index contributed by atoms with van der Waals surface area (Å²) in [5, 5.41) is 16.0. The lowest BCUT2D eigenvalue weighted by Gasteiger charge is -2.27. The number of rotatable bonds is 17.